The smallest absolute Gasteiger partial charge is 0.237 e. The second-order valence-electron chi connectivity index (χ2n) is 5.35. The van der Waals surface area contributed by atoms with Crippen molar-refractivity contribution in [2.24, 2.45) is 0 Å². The summed E-state index contributed by atoms with van der Waals surface area (Å²) in [6.45, 7) is 1.64. The van der Waals surface area contributed by atoms with Gasteiger partial charge in [0.2, 0.25) is 11.1 Å². The lowest BCUT2D eigenvalue weighted by atomic mass is 10.2. The summed E-state index contributed by atoms with van der Waals surface area (Å²) in [6, 6.07) is 10.0. The van der Waals surface area contributed by atoms with Gasteiger partial charge < -0.3 is 5.32 Å². The van der Waals surface area contributed by atoms with E-state index in [4.69, 9.17) is 11.6 Å². The van der Waals surface area contributed by atoms with Crippen LogP contribution in [0.1, 0.15) is 6.92 Å². The highest BCUT2D eigenvalue weighted by Crippen LogP contribution is 2.25. The van der Waals surface area contributed by atoms with Crippen LogP contribution < -0.4 is 5.32 Å². The molecule has 2 aromatic carbocycles. The van der Waals surface area contributed by atoms with Crippen molar-refractivity contribution in [2.45, 2.75) is 17.3 Å². The predicted octanol–water partition coefficient (Wildman–Crippen LogP) is 4.52. The highest BCUT2D eigenvalue weighted by Gasteiger charge is 2.19. The van der Waals surface area contributed by atoms with Gasteiger partial charge in [0, 0.05) is 16.7 Å². The molecule has 26 heavy (non-hydrogen) atoms. The van der Waals surface area contributed by atoms with Crippen LogP contribution in [0.5, 0.6) is 0 Å². The molecule has 1 amide bonds. The molecule has 0 bridgehead atoms. The Bertz CT molecular complexity index is 933. The number of nitrogens with zero attached hydrogens (tertiary/aromatic N) is 2. The number of thioether (sulfide) groups is 1. The quantitative estimate of drug-likeness (QED) is 0.624. The number of benzene rings is 2. The number of halogens is 3. The zero-order valence-electron chi connectivity index (χ0n) is 13.5. The molecule has 3 aromatic rings. The number of aromatic nitrogens is 3. The number of amides is 1. The van der Waals surface area contributed by atoms with Gasteiger partial charge in [-0.25, -0.2) is 13.8 Å². The first-order valence-corrected chi connectivity index (χ1v) is 8.79. The number of nitrogens with one attached hydrogen (secondary N) is 2. The van der Waals surface area contributed by atoms with Crippen LogP contribution in [-0.2, 0) is 4.79 Å². The van der Waals surface area contributed by atoms with E-state index in [9.17, 15) is 13.6 Å². The highest BCUT2D eigenvalue weighted by molar-refractivity contribution is 8.00. The second-order valence-corrected chi connectivity index (χ2v) is 7.09. The number of rotatable bonds is 5. The Morgan fingerprint density at radius 3 is 2.65 bits per heavy atom. The van der Waals surface area contributed by atoms with Crippen molar-refractivity contribution < 1.29 is 13.6 Å². The zero-order chi connectivity index (χ0) is 18.7. The summed E-state index contributed by atoms with van der Waals surface area (Å²) in [5, 5.41) is 9.67. The van der Waals surface area contributed by atoms with Crippen LogP contribution in [0.3, 0.4) is 0 Å². The maximum atomic E-state index is 13.6. The predicted molar refractivity (Wildman–Crippen MR) is 97.1 cm³/mol. The normalized spacial score (nSPS) is 12.0. The molecule has 0 saturated heterocycles. The van der Waals surface area contributed by atoms with Gasteiger partial charge in [0.25, 0.3) is 0 Å². The molecule has 5 nitrogen and oxygen atoms in total. The molecule has 1 aromatic heterocycles. The molecule has 1 unspecified atom stereocenters. The topological polar surface area (TPSA) is 70.7 Å². The Hall–Kier alpha value is -2.45. The summed E-state index contributed by atoms with van der Waals surface area (Å²) < 4.78 is 26.5. The first-order chi connectivity index (χ1) is 12.4. The van der Waals surface area contributed by atoms with Crippen LogP contribution in [0, 0.1) is 11.6 Å². The molecule has 1 atom stereocenters. The standard InChI is InChI=1S/C17H13ClF2N4OS/c1-9(16(25)21-14-7-6-12(19)8-13(14)20)26-17-22-15(23-24-17)10-2-4-11(18)5-3-10/h2-9H,1H3,(H,21,25)(H,22,23,24). The molecule has 0 aliphatic rings. The van der Waals surface area contributed by atoms with E-state index in [1.54, 1.807) is 31.2 Å². The van der Waals surface area contributed by atoms with E-state index in [0.717, 1.165) is 23.4 Å². The molecule has 0 radical (unpaired) electrons. The van der Waals surface area contributed by atoms with Gasteiger partial charge in [-0.15, -0.1) is 5.10 Å². The molecule has 0 fully saturated rings. The summed E-state index contributed by atoms with van der Waals surface area (Å²) in [4.78, 5) is 16.5. The Labute approximate surface area is 157 Å². The van der Waals surface area contributed by atoms with Gasteiger partial charge >= 0.3 is 0 Å². The summed E-state index contributed by atoms with van der Waals surface area (Å²) >= 11 is 6.96. The lowest BCUT2D eigenvalue weighted by Crippen LogP contribution is -2.23. The molecule has 134 valence electrons. The fraction of sp³-hybridized carbons (Fsp3) is 0.118. The number of hydrogen-bond acceptors (Lipinski definition) is 4. The van der Waals surface area contributed by atoms with Gasteiger partial charge in [0.15, 0.2) is 5.82 Å². The molecular weight excluding hydrogens is 382 g/mol. The van der Waals surface area contributed by atoms with Gasteiger partial charge in [0.05, 0.1) is 10.9 Å². The average molecular weight is 395 g/mol. The fourth-order valence-electron chi connectivity index (χ4n) is 2.07. The third-order valence-electron chi connectivity index (χ3n) is 3.42. The van der Waals surface area contributed by atoms with Crippen LogP contribution in [-0.4, -0.2) is 26.3 Å². The number of carbonyl (C=O) groups is 1. The van der Waals surface area contributed by atoms with Crippen LogP contribution >= 0.6 is 23.4 Å². The first-order valence-electron chi connectivity index (χ1n) is 7.53. The van der Waals surface area contributed by atoms with Gasteiger partial charge in [-0.1, -0.05) is 23.4 Å². The number of carbonyl (C=O) groups excluding carboxylic acids is 1. The van der Waals surface area contributed by atoms with Crippen LogP contribution in [0.25, 0.3) is 11.4 Å². The maximum absolute atomic E-state index is 13.6. The zero-order valence-corrected chi connectivity index (χ0v) is 15.0. The third kappa shape index (κ3) is 4.39. The minimum absolute atomic E-state index is 0.0827. The number of H-pyrrole nitrogens is 1. The molecule has 2 N–H and O–H groups in total. The summed E-state index contributed by atoms with van der Waals surface area (Å²) in [5.74, 6) is -1.45. The van der Waals surface area contributed by atoms with Crippen molar-refractivity contribution in [1.29, 1.82) is 0 Å². The summed E-state index contributed by atoms with van der Waals surface area (Å²) in [5.41, 5.74) is 0.722. The minimum Gasteiger partial charge on any atom is -0.323 e. The second kappa shape index (κ2) is 7.84. The molecule has 0 saturated carbocycles. The number of hydrogen-bond donors (Lipinski definition) is 2. The Balaban J connectivity index is 1.65. The number of aromatic amines is 1. The molecule has 0 spiro atoms. The van der Waals surface area contributed by atoms with Crippen LogP contribution in [0.4, 0.5) is 14.5 Å². The molecular formula is C17H13ClF2N4OS. The third-order valence-corrected chi connectivity index (χ3v) is 4.64. The monoisotopic (exact) mass is 394 g/mol. The van der Waals surface area contributed by atoms with Gasteiger partial charge in [-0.05, 0) is 43.3 Å². The summed E-state index contributed by atoms with van der Waals surface area (Å²) in [7, 11) is 0. The summed E-state index contributed by atoms with van der Waals surface area (Å²) in [6.07, 6.45) is 0. The number of anilines is 1. The van der Waals surface area contributed by atoms with Gasteiger partial charge in [-0.2, -0.15) is 0 Å². The van der Waals surface area contributed by atoms with E-state index >= 15 is 0 Å². The van der Waals surface area contributed by atoms with E-state index in [0.29, 0.717) is 22.1 Å². The van der Waals surface area contributed by atoms with Crippen molar-refractivity contribution in [3.05, 3.63) is 59.1 Å². The van der Waals surface area contributed by atoms with E-state index < -0.39 is 22.8 Å². The lowest BCUT2D eigenvalue weighted by molar-refractivity contribution is -0.115. The molecule has 0 aliphatic carbocycles. The van der Waals surface area contributed by atoms with Crippen LogP contribution in [0.15, 0.2) is 47.6 Å². The maximum Gasteiger partial charge on any atom is 0.237 e. The van der Waals surface area contributed by atoms with Gasteiger partial charge in [-0.3, -0.25) is 9.89 Å². The van der Waals surface area contributed by atoms with E-state index in [1.165, 1.54) is 6.07 Å². The van der Waals surface area contributed by atoms with Crippen molar-refractivity contribution in [3.8, 4) is 11.4 Å². The largest absolute Gasteiger partial charge is 0.323 e. The molecule has 1 heterocycles. The van der Waals surface area contributed by atoms with E-state index in [-0.39, 0.29) is 5.69 Å². The average Bonchev–Trinajstić information content (AvgIpc) is 3.06. The molecule has 0 aliphatic heterocycles. The Morgan fingerprint density at radius 1 is 1.23 bits per heavy atom. The highest BCUT2D eigenvalue weighted by atomic mass is 35.5. The van der Waals surface area contributed by atoms with Crippen molar-refractivity contribution in [2.75, 3.05) is 5.32 Å². The Morgan fingerprint density at radius 2 is 1.96 bits per heavy atom. The van der Waals surface area contributed by atoms with E-state index in [2.05, 4.69) is 20.5 Å². The SMILES string of the molecule is CC(Sc1n[nH]c(-c2ccc(Cl)cc2)n1)C(=O)Nc1ccc(F)cc1F. The van der Waals surface area contributed by atoms with E-state index in [1.807, 2.05) is 0 Å². The lowest BCUT2D eigenvalue weighted by Gasteiger charge is -2.10. The van der Waals surface area contributed by atoms with Crippen molar-refractivity contribution in [3.63, 3.8) is 0 Å². The molecule has 9 heteroatoms. The fourth-order valence-corrected chi connectivity index (χ4v) is 2.92. The minimum atomic E-state index is -0.835. The Kier molecular flexibility index (Phi) is 5.53. The molecule has 3 rings (SSSR count). The van der Waals surface area contributed by atoms with Crippen molar-refractivity contribution in [1.82, 2.24) is 15.2 Å². The van der Waals surface area contributed by atoms with Gasteiger partial charge in [0.1, 0.15) is 11.6 Å². The van der Waals surface area contributed by atoms with Crippen LogP contribution in [0.2, 0.25) is 5.02 Å². The first kappa shape index (κ1) is 18.3. The van der Waals surface area contributed by atoms with Crippen molar-refractivity contribution >= 4 is 35.0 Å².